The van der Waals surface area contributed by atoms with Gasteiger partial charge < -0.3 is 9.84 Å². The van der Waals surface area contributed by atoms with Crippen LogP contribution in [-0.4, -0.2) is 23.8 Å². The molecule has 2 saturated carbocycles. The molecule has 2 aliphatic carbocycles. The van der Waals surface area contributed by atoms with E-state index in [1.54, 1.807) is 5.57 Å². The van der Waals surface area contributed by atoms with Crippen LogP contribution in [0.3, 0.4) is 0 Å². The second-order valence-electron chi connectivity index (χ2n) is 10.8. The van der Waals surface area contributed by atoms with Crippen LogP contribution in [0.1, 0.15) is 80.1 Å². The van der Waals surface area contributed by atoms with Crippen molar-refractivity contribution in [3.8, 4) is 0 Å². The van der Waals surface area contributed by atoms with E-state index in [9.17, 15) is 9.90 Å². The smallest absolute Gasteiger partial charge is 0.311 e. The van der Waals surface area contributed by atoms with Crippen molar-refractivity contribution in [1.82, 2.24) is 0 Å². The van der Waals surface area contributed by atoms with Crippen molar-refractivity contribution in [3.05, 3.63) is 22.7 Å². The van der Waals surface area contributed by atoms with Crippen LogP contribution >= 0.6 is 15.9 Å². The molecular formula is C25H41BrO3. The molecule has 0 radical (unpaired) electrons. The normalized spacial score (nSPS) is 31.8. The SMILES string of the molecule is C=C(COC(=O)C(C)(C)C)[C@H](C)[C@@H](O)C[C@@H](C)[C@H]1CC[C@H]2C(=CBr)CCC[C@]12C. The molecular weight excluding hydrogens is 428 g/mol. The van der Waals surface area contributed by atoms with Crippen molar-refractivity contribution in [2.24, 2.45) is 34.5 Å². The van der Waals surface area contributed by atoms with E-state index in [1.807, 2.05) is 27.7 Å². The van der Waals surface area contributed by atoms with Gasteiger partial charge in [-0.05, 0) is 93.0 Å². The van der Waals surface area contributed by atoms with Gasteiger partial charge in [0, 0.05) is 5.92 Å². The first kappa shape index (κ1) is 24.7. The topological polar surface area (TPSA) is 46.5 Å². The molecule has 6 atom stereocenters. The molecule has 0 saturated heterocycles. The molecule has 0 unspecified atom stereocenters. The second kappa shape index (κ2) is 9.68. The molecule has 0 aromatic carbocycles. The first-order valence-electron chi connectivity index (χ1n) is 11.2. The molecule has 4 heteroatoms. The Morgan fingerprint density at radius 3 is 2.62 bits per heavy atom. The summed E-state index contributed by atoms with van der Waals surface area (Å²) in [5.41, 5.74) is 2.20. The maximum absolute atomic E-state index is 12.0. The summed E-state index contributed by atoms with van der Waals surface area (Å²) in [7, 11) is 0. The Hall–Kier alpha value is -0.610. The van der Waals surface area contributed by atoms with Gasteiger partial charge in [0.1, 0.15) is 6.61 Å². The summed E-state index contributed by atoms with van der Waals surface area (Å²) < 4.78 is 5.39. The van der Waals surface area contributed by atoms with Crippen LogP contribution in [0.15, 0.2) is 22.7 Å². The number of hydrogen-bond donors (Lipinski definition) is 1. The van der Waals surface area contributed by atoms with Gasteiger partial charge in [0.15, 0.2) is 0 Å². The Morgan fingerprint density at radius 1 is 1.38 bits per heavy atom. The van der Waals surface area contributed by atoms with Gasteiger partial charge in [0.2, 0.25) is 0 Å². The van der Waals surface area contributed by atoms with Gasteiger partial charge in [-0.2, -0.15) is 0 Å². The molecule has 166 valence electrons. The molecule has 3 nitrogen and oxygen atoms in total. The van der Waals surface area contributed by atoms with Crippen LogP contribution in [0.2, 0.25) is 0 Å². The van der Waals surface area contributed by atoms with Gasteiger partial charge >= 0.3 is 5.97 Å². The summed E-state index contributed by atoms with van der Waals surface area (Å²) in [5.74, 6) is 1.47. The van der Waals surface area contributed by atoms with E-state index >= 15 is 0 Å². The van der Waals surface area contributed by atoms with Crippen molar-refractivity contribution >= 4 is 21.9 Å². The van der Waals surface area contributed by atoms with Crippen LogP contribution < -0.4 is 0 Å². The quantitative estimate of drug-likeness (QED) is 0.335. The lowest BCUT2D eigenvalue weighted by atomic mass is 9.61. The highest BCUT2D eigenvalue weighted by Crippen LogP contribution is 2.60. The zero-order chi connectivity index (χ0) is 22.0. The molecule has 29 heavy (non-hydrogen) atoms. The Morgan fingerprint density at radius 2 is 2.03 bits per heavy atom. The first-order valence-corrected chi connectivity index (χ1v) is 12.2. The Balaban J connectivity index is 1.93. The third-order valence-corrected chi connectivity index (χ3v) is 8.29. The number of allylic oxidation sites excluding steroid dienone is 1. The Kier molecular flexibility index (Phi) is 8.23. The van der Waals surface area contributed by atoms with Crippen molar-refractivity contribution in [2.75, 3.05) is 6.61 Å². The van der Waals surface area contributed by atoms with Gasteiger partial charge in [-0.25, -0.2) is 0 Å². The fraction of sp³-hybridized carbons (Fsp3) is 0.800. The van der Waals surface area contributed by atoms with Crippen LogP contribution in [0.5, 0.6) is 0 Å². The number of rotatable bonds is 7. The summed E-state index contributed by atoms with van der Waals surface area (Å²) in [6, 6.07) is 0. The maximum atomic E-state index is 12.0. The zero-order valence-corrected chi connectivity index (χ0v) is 20.8. The second-order valence-corrected chi connectivity index (χ2v) is 11.3. The van der Waals surface area contributed by atoms with Gasteiger partial charge in [-0.3, -0.25) is 4.79 Å². The van der Waals surface area contributed by atoms with E-state index in [0.29, 0.717) is 23.2 Å². The average molecular weight is 470 g/mol. The van der Waals surface area contributed by atoms with Crippen molar-refractivity contribution in [2.45, 2.75) is 86.2 Å². The van der Waals surface area contributed by atoms with Crippen LogP contribution in [-0.2, 0) is 9.53 Å². The third-order valence-electron chi connectivity index (χ3n) is 7.70. The van der Waals surface area contributed by atoms with Crippen molar-refractivity contribution in [3.63, 3.8) is 0 Å². The lowest BCUT2D eigenvalue weighted by Crippen LogP contribution is -2.37. The van der Waals surface area contributed by atoms with E-state index < -0.39 is 11.5 Å². The number of aliphatic hydroxyl groups is 1. The summed E-state index contributed by atoms with van der Waals surface area (Å²) >= 11 is 3.59. The highest BCUT2D eigenvalue weighted by atomic mass is 79.9. The zero-order valence-electron chi connectivity index (χ0n) is 19.3. The molecule has 2 rings (SSSR count). The van der Waals surface area contributed by atoms with Gasteiger partial charge in [0.25, 0.3) is 0 Å². The molecule has 1 N–H and O–H groups in total. The first-order chi connectivity index (χ1) is 13.4. The summed E-state index contributed by atoms with van der Waals surface area (Å²) in [6.45, 7) is 16.6. The lowest BCUT2D eigenvalue weighted by Gasteiger charge is -2.44. The van der Waals surface area contributed by atoms with Crippen molar-refractivity contribution in [1.29, 1.82) is 0 Å². The minimum absolute atomic E-state index is 0.0837. The van der Waals surface area contributed by atoms with Crippen molar-refractivity contribution < 1.29 is 14.6 Å². The maximum Gasteiger partial charge on any atom is 0.311 e. The lowest BCUT2D eigenvalue weighted by molar-refractivity contribution is -0.152. The fourth-order valence-corrected chi connectivity index (χ4v) is 6.22. The molecule has 0 bridgehead atoms. The number of carbonyl (C=O) groups excluding carboxylic acids is 1. The number of esters is 1. The molecule has 2 fully saturated rings. The van der Waals surface area contributed by atoms with Gasteiger partial charge in [-0.1, -0.05) is 48.9 Å². The van der Waals surface area contributed by atoms with Crippen LogP contribution in [0.25, 0.3) is 0 Å². The number of halogens is 1. The number of fused-ring (bicyclic) bond motifs is 1. The summed E-state index contributed by atoms with van der Waals surface area (Å²) in [4.78, 5) is 14.2. The molecule has 0 spiro atoms. The molecule has 0 aliphatic heterocycles. The van der Waals surface area contributed by atoms with E-state index in [-0.39, 0.29) is 18.5 Å². The predicted octanol–water partition coefficient (Wildman–Crippen LogP) is 6.65. The molecule has 0 heterocycles. The summed E-state index contributed by atoms with van der Waals surface area (Å²) in [6.07, 6.45) is 6.61. The number of ether oxygens (including phenoxy) is 1. The Labute approximate surface area is 186 Å². The number of hydrogen-bond acceptors (Lipinski definition) is 3. The minimum Gasteiger partial charge on any atom is -0.461 e. The van der Waals surface area contributed by atoms with Gasteiger partial charge in [0.05, 0.1) is 11.5 Å². The third kappa shape index (κ3) is 5.55. The minimum atomic E-state index is -0.520. The fourth-order valence-electron chi connectivity index (χ4n) is 5.67. The van der Waals surface area contributed by atoms with Gasteiger partial charge in [-0.15, -0.1) is 0 Å². The van der Waals surface area contributed by atoms with Crippen LogP contribution in [0.4, 0.5) is 0 Å². The molecule has 0 amide bonds. The van der Waals surface area contributed by atoms with E-state index in [1.165, 1.54) is 32.1 Å². The Bertz CT molecular complexity index is 632. The number of aliphatic hydroxyl groups excluding tert-OH is 1. The predicted molar refractivity (Wildman–Crippen MR) is 124 cm³/mol. The number of carbonyl (C=O) groups is 1. The highest BCUT2D eigenvalue weighted by Gasteiger charge is 2.50. The van der Waals surface area contributed by atoms with E-state index in [0.717, 1.165) is 12.0 Å². The molecule has 0 aromatic heterocycles. The van der Waals surface area contributed by atoms with E-state index in [4.69, 9.17) is 4.74 Å². The molecule has 2 aliphatic rings. The highest BCUT2D eigenvalue weighted by molar-refractivity contribution is 9.11. The molecule has 0 aromatic rings. The largest absolute Gasteiger partial charge is 0.461 e. The monoisotopic (exact) mass is 468 g/mol. The van der Waals surface area contributed by atoms with E-state index in [2.05, 4.69) is 41.3 Å². The standard InChI is InChI=1S/C25H41BrO3/c1-16(20-10-11-21-19(14-26)9-8-12-25(20,21)7)13-22(27)18(3)17(2)15-29-23(28)24(4,5)6/h14,16,18,20-22,27H,2,8-13,15H2,1,3-7H3/t16-,18+,20-,21+,22+,25-/m1/s1. The average Bonchev–Trinajstić information content (AvgIpc) is 3.01. The summed E-state index contributed by atoms with van der Waals surface area (Å²) in [5, 5.41) is 10.9. The van der Waals surface area contributed by atoms with Crippen LogP contribution in [0, 0.1) is 34.5 Å².